The molecule has 11 nitrogen and oxygen atoms in total. The highest BCUT2D eigenvalue weighted by molar-refractivity contribution is 6.01. The van der Waals surface area contributed by atoms with Crippen LogP contribution in [-0.2, 0) is 10.2 Å². The van der Waals surface area contributed by atoms with E-state index >= 15 is 4.39 Å². The molecule has 5 heterocycles. The first-order valence-electron chi connectivity index (χ1n) is 14.4. The second-order valence-electron chi connectivity index (χ2n) is 11.8. The van der Waals surface area contributed by atoms with E-state index in [1.54, 1.807) is 36.0 Å². The lowest BCUT2D eigenvalue weighted by molar-refractivity contribution is 0.0901. The van der Waals surface area contributed by atoms with Crippen molar-refractivity contribution in [3.63, 3.8) is 0 Å². The highest BCUT2D eigenvalue weighted by Gasteiger charge is 2.30. The molecule has 4 aromatic heterocycles. The van der Waals surface area contributed by atoms with Crippen molar-refractivity contribution in [2.75, 3.05) is 33.4 Å². The Hall–Kier alpha value is -4.71. The van der Waals surface area contributed by atoms with Gasteiger partial charge in [0.1, 0.15) is 41.1 Å². The van der Waals surface area contributed by atoms with Crippen molar-refractivity contribution in [2.24, 2.45) is 0 Å². The fourth-order valence-electron chi connectivity index (χ4n) is 5.60. The summed E-state index contributed by atoms with van der Waals surface area (Å²) < 4.78 is 41.6. The zero-order chi connectivity index (χ0) is 31.0. The number of hydrogen-bond acceptors (Lipinski definition) is 8. The summed E-state index contributed by atoms with van der Waals surface area (Å²) in [5.74, 6) is 0.775. The molecule has 0 unspecified atom stereocenters. The van der Waals surface area contributed by atoms with E-state index in [-0.39, 0.29) is 28.5 Å². The predicted octanol–water partition coefficient (Wildman–Crippen LogP) is 6.19. The van der Waals surface area contributed by atoms with Gasteiger partial charge in [-0.15, -0.1) is 0 Å². The van der Waals surface area contributed by atoms with E-state index in [4.69, 9.17) is 23.6 Å². The third-order valence-corrected chi connectivity index (χ3v) is 7.82. The first-order valence-corrected chi connectivity index (χ1v) is 14.4. The number of fused-ring (bicyclic) bond motifs is 2. The highest BCUT2D eigenvalue weighted by atomic mass is 19.1. The number of piperidine rings is 1. The van der Waals surface area contributed by atoms with Crippen LogP contribution in [0.1, 0.15) is 39.2 Å². The summed E-state index contributed by atoms with van der Waals surface area (Å²) >= 11 is 0. The Morgan fingerprint density at radius 1 is 1.16 bits per heavy atom. The van der Waals surface area contributed by atoms with Crippen LogP contribution < -0.4 is 9.47 Å². The molecular formula is C32H34FN5O6. The average Bonchev–Trinajstić information content (AvgIpc) is 3.67. The van der Waals surface area contributed by atoms with Gasteiger partial charge in [-0.3, -0.25) is 4.40 Å². The fraction of sp³-hybridized carbons (Fsp3) is 0.375. The molecule has 0 spiro atoms. The van der Waals surface area contributed by atoms with Crippen molar-refractivity contribution >= 4 is 22.6 Å². The molecule has 1 aliphatic rings. The van der Waals surface area contributed by atoms with Crippen LogP contribution in [0.25, 0.3) is 39.3 Å². The van der Waals surface area contributed by atoms with Crippen molar-refractivity contribution in [2.45, 2.75) is 45.1 Å². The van der Waals surface area contributed by atoms with Gasteiger partial charge in [0.05, 0.1) is 30.3 Å². The molecule has 0 aliphatic carbocycles. The standard InChI is InChI=1S/C32H34FN5O6/c1-32(2,3)21-5-6-23(44-19-7-10-37(11-8-19)31(39)40)30-26(21)27(24-17-34-18-43-24)28(33)29(36-30)22-16-35-25-15-20(9-12-38(22)25)42-14-13-41-4/h5-6,9,12,15-19H,7-8,10-11,13-14H2,1-4H3,(H,39,40). The Labute approximate surface area is 253 Å². The summed E-state index contributed by atoms with van der Waals surface area (Å²) in [4.78, 5) is 26.3. The van der Waals surface area contributed by atoms with E-state index in [1.807, 2.05) is 12.1 Å². The molecule has 1 amide bonds. The molecular weight excluding hydrogens is 569 g/mol. The summed E-state index contributed by atoms with van der Waals surface area (Å²) in [5, 5.41) is 9.94. The molecule has 1 aliphatic heterocycles. The minimum Gasteiger partial charge on any atom is -0.491 e. The number of halogens is 1. The normalized spacial score (nSPS) is 14.4. The SMILES string of the molecule is COCCOc1ccn2c(-c3nc4c(OC5CCN(C(=O)O)CC5)ccc(C(C)(C)C)c4c(-c4cnco4)c3F)cnc2c1. The molecule has 1 aromatic carbocycles. The van der Waals surface area contributed by atoms with E-state index in [2.05, 4.69) is 30.7 Å². The summed E-state index contributed by atoms with van der Waals surface area (Å²) in [6.45, 7) is 7.72. The molecule has 44 heavy (non-hydrogen) atoms. The van der Waals surface area contributed by atoms with E-state index < -0.39 is 11.9 Å². The van der Waals surface area contributed by atoms with E-state index in [1.165, 1.54) is 17.5 Å². The van der Waals surface area contributed by atoms with Crippen molar-refractivity contribution in [1.82, 2.24) is 24.3 Å². The third kappa shape index (κ3) is 5.52. The maximum atomic E-state index is 16.9. The van der Waals surface area contributed by atoms with Gasteiger partial charge >= 0.3 is 6.09 Å². The van der Waals surface area contributed by atoms with Crippen LogP contribution in [0.2, 0.25) is 0 Å². The van der Waals surface area contributed by atoms with Gasteiger partial charge in [0.2, 0.25) is 0 Å². The molecule has 0 bridgehead atoms. The number of methoxy groups -OCH3 is 1. The number of ether oxygens (including phenoxy) is 3. The number of hydrogen-bond donors (Lipinski definition) is 1. The maximum absolute atomic E-state index is 16.9. The number of likely N-dealkylation sites (tertiary alicyclic amines) is 1. The Morgan fingerprint density at radius 3 is 2.64 bits per heavy atom. The second-order valence-corrected chi connectivity index (χ2v) is 11.8. The van der Waals surface area contributed by atoms with Crippen LogP contribution in [0.4, 0.5) is 9.18 Å². The number of pyridine rings is 2. The molecule has 230 valence electrons. The maximum Gasteiger partial charge on any atom is 0.407 e. The van der Waals surface area contributed by atoms with Crippen molar-refractivity contribution < 1.29 is 32.9 Å². The van der Waals surface area contributed by atoms with Crippen LogP contribution >= 0.6 is 0 Å². The summed E-state index contributed by atoms with van der Waals surface area (Å²) in [6.07, 6.45) is 5.98. The van der Waals surface area contributed by atoms with Gasteiger partial charge in [0.15, 0.2) is 18.0 Å². The topological polar surface area (TPSA) is 124 Å². The Bertz CT molecular complexity index is 1810. The molecule has 1 fully saturated rings. The first kappa shape index (κ1) is 29.4. The molecule has 6 rings (SSSR count). The third-order valence-electron chi connectivity index (χ3n) is 7.82. The quantitative estimate of drug-likeness (QED) is 0.207. The van der Waals surface area contributed by atoms with E-state index in [9.17, 15) is 9.90 Å². The van der Waals surface area contributed by atoms with Crippen molar-refractivity contribution in [3.8, 4) is 34.2 Å². The lowest BCUT2D eigenvalue weighted by Gasteiger charge is -2.31. The Kier molecular flexibility index (Phi) is 7.85. The highest BCUT2D eigenvalue weighted by Crippen LogP contribution is 2.44. The number of carbonyl (C=O) groups is 1. The van der Waals surface area contributed by atoms with Gasteiger partial charge in [-0.1, -0.05) is 26.8 Å². The monoisotopic (exact) mass is 603 g/mol. The minimum absolute atomic E-state index is 0.0704. The van der Waals surface area contributed by atoms with Gasteiger partial charge < -0.3 is 28.6 Å². The van der Waals surface area contributed by atoms with Crippen molar-refractivity contribution in [3.05, 3.63) is 60.6 Å². The molecule has 5 aromatic rings. The van der Waals surface area contributed by atoms with Crippen LogP contribution in [-0.4, -0.2) is 75.0 Å². The molecule has 0 atom stereocenters. The lowest BCUT2D eigenvalue weighted by Crippen LogP contribution is -2.41. The minimum atomic E-state index is -0.941. The number of carboxylic acid groups (broad SMARTS) is 1. The summed E-state index contributed by atoms with van der Waals surface area (Å²) in [5.41, 5.74) is 2.25. The molecule has 12 heteroatoms. The molecule has 0 radical (unpaired) electrons. The number of nitrogens with zero attached hydrogens (tertiary/aromatic N) is 5. The molecule has 1 saturated heterocycles. The molecule has 0 saturated carbocycles. The zero-order valence-electron chi connectivity index (χ0n) is 25.0. The number of benzene rings is 1. The first-order chi connectivity index (χ1) is 21.2. The smallest absolute Gasteiger partial charge is 0.407 e. The Balaban J connectivity index is 1.53. The number of rotatable bonds is 8. The van der Waals surface area contributed by atoms with Crippen molar-refractivity contribution in [1.29, 1.82) is 0 Å². The summed E-state index contributed by atoms with van der Waals surface area (Å²) in [6, 6.07) is 7.35. The number of aromatic nitrogens is 4. The van der Waals surface area contributed by atoms with Crippen LogP contribution in [0.5, 0.6) is 11.5 Å². The second kappa shape index (κ2) is 11.8. The molecule has 1 N–H and O–H groups in total. The van der Waals surface area contributed by atoms with Gasteiger partial charge in [-0.25, -0.2) is 24.1 Å². The zero-order valence-corrected chi connectivity index (χ0v) is 25.0. The number of amides is 1. The fourth-order valence-corrected chi connectivity index (χ4v) is 5.60. The van der Waals surface area contributed by atoms with Gasteiger partial charge in [-0.05, 0) is 23.1 Å². The predicted molar refractivity (Wildman–Crippen MR) is 161 cm³/mol. The van der Waals surface area contributed by atoms with Crippen LogP contribution in [0.3, 0.4) is 0 Å². The van der Waals surface area contributed by atoms with Crippen LogP contribution in [0, 0.1) is 5.82 Å². The lowest BCUT2D eigenvalue weighted by atomic mass is 9.82. The van der Waals surface area contributed by atoms with Crippen LogP contribution in [0.15, 0.2) is 53.7 Å². The number of imidazole rings is 1. The largest absolute Gasteiger partial charge is 0.491 e. The van der Waals surface area contributed by atoms with Gasteiger partial charge in [-0.2, -0.15) is 0 Å². The average molecular weight is 604 g/mol. The van der Waals surface area contributed by atoms with Gasteiger partial charge in [0, 0.05) is 50.7 Å². The van der Waals surface area contributed by atoms with E-state index in [0.717, 1.165) is 5.56 Å². The Morgan fingerprint density at radius 2 is 1.95 bits per heavy atom. The number of oxazole rings is 1. The van der Waals surface area contributed by atoms with E-state index in [0.29, 0.717) is 72.9 Å². The summed E-state index contributed by atoms with van der Waals surface area (Å²) in [7, 11) is 1.61. The van der Waals surface area contributed by atoms with Gasteiger partial charge in [0.25, 0.3) is 0 Å².